The molecule has 26 heavy (non-hydrogen) atoms. The number of nitriles is 1. The molecule has 1 atom stereocenters. The maximum atomic E-state index is 12.6. The zero-order valence-corrected chi connectivity index (χ0v) is 14.7. The van der Waals surface area contributed by atoms with Gasteiger partial charge in [0.05, 0.1) is 17.2 Å². The molecule has 1 saturated heterocycles. The van der Waals surface area contributed by atoms with Crippen LogP contribution in [-0.4, -0.2) is 40.1 Å². The first kappa shape index (κ1) is 16.6. The lowest BCUT2D eigenvalue weighted by Gasteiger charge is -2.33. The molecule has 1 aromatic heterocycles. The van der Waals surface area contributed by atoms with Crippen molar-refractivity contribution >= 4 is 11.9 Å². The van der Waals surface area contributed by atoms with Gasteiger partial charge in [-0.2, -0.15) is 5.26 Å². The third-order valence-electron chi connectivity index (χ3n) is 5.51. The number of rotatable bonds is 4. The summed E-state index contributed by atoms with van der Waals surface area (Å²) in [5.41, 5.74) is 1.60. The minimum atomic E-state index is -0.442. The molecule has 134 valence electrons. The lowest BCUT2D eigenvalue weighted by molar-refractivity contribution is -0.133. The summed E-state index contributed by atoms with van der Waals surface area (Å²) in [5, 5.41) is 20.1. The molecule has 1 aromatic carbocycles. The number of nitrogens with zero attached hydrogens (tertiary/aromatic N) is 4. The van der Waals surface area contributed by atoms with Crippen molar-refractivity contribution < 1.29 is 9.21 Å². The van der Waals surface area contributed by atoms with Crippen LogP contribution in [0.5, 0.6) is 0 Å². The van der Waals surface area contributed by atoms with E-state index in [4.69, 9.17) is 4.42 Å². The minimum absolute atomic E-state index is 0.0534. The zero-order chi connectivity index (χ0) is 18.1. The molecule has 1 amide bonds. The lowest BCUT2D eigenvalue weighted by atomic mass is 9.93. The molecule has 1 aliphatic carbocycles. The second-order valence-electron chi connectivity index (χ2n) is 7.26. The summed E-state index contributed by atoms with van der Waals surface area (Å²) in [6.45, 7) is 3.46. The third-order valence-corrected chi connectivity index (χ3v) is 5.51. The molecule has 1 spiro atoms. The average Bonchev–Trinajstić information content (AvgIpc) is 3.26. The number of hydrogen-bond acceptors (Lipinski definition) is 6. The fourth-order valence-corrected chi connectivity index (χ4v) is 3.56. The number of piperidine rings is 1. The Morgan fingerprint density at radius 1 is 1.27 bits per heavy atom. The highest BCUT2D eigenvalue weighted by molar-refractivity contribution is 5.83. The molecule has 4 rings (SSSR count). The molecule has 1 aliphatic heterocycles. The first-order valence-corrected chi connectivity index (χ1v) is 8.99. The van der Waals surface area contributed by atoms with Crippen LogP contribution in [0.3, 0.4) is 0 Å². The van der Waals surface area contributed by atoms with Gasteiger partial charge in [-0.25, -0.2) is 0 Å². The maximum absolute atomic E-state index is 12.6. The average molecular weight is 351 g/mol. The molecule has 1 saturated carbocycles. The highest BCUT2D eigenvalue weighted by atomic mass is 16.4. The topological polar surface area (TPSA) is 95.0 Å². The van der Waals surface area contributed by atoms with Crippen LogP contribution in [0.2, 0.25) is 0 Å². The van der Waals surface area contributed by atoms with E-state index in [-0.39, 0.29) is 17.8 Å². The predicted octanol–water partition coefficient (Wildman–Crippen LogP) is 2.81. The molecule has 1 N–H and O–H groups in total. The summed E-state index contributed by atoms with van der Waals surface area (Å²) in [5.74, 6) is 0.315. The van der Waals surface area contributed by atoms with Crippen molar-refractivity contribution in [3.05, 3.63) is 29.8 Å². The molecule has 2 fully saturated rings. The fraction of sp³-hybridized carbons (Fsp3) is 0.474. The highest BCUT2D eigenvalue weighted by Gasteiger charge is 2.45. The van der Waals surface area contributed by atoms with E-state index in [1.165, 1.54) is 12.8 Å². The third kappa shape index (κ3) is 3.15. The molecule has 7 nitrogen and oxygen atoms in total. The number of carbonyl (C=O) groups is 1. The fourth-order valence-electron chi connectivity index (χ4n) is 3.56. The van der Waals surface area contributed by atoms with Gasteiger partial charge in [-0.05, 0) is 50.2 Å². The van der Waals surface area contributed by atoms with Gasteiger partial charge in [0.25, 0.3) is 5.89 Å². The summed E-state index contributed by atoms with van der Waals surface area (Å²) in [6.07, 6.45) is 4.86. The number of anilines is 1. The van der Waals surface area contributed by atoms with Crippen LogP contribution in [-0.2, 0) is 4.79 Å². The van der Waals surface area contributed by atoms with Crippen LogP contribution >= 0.6 is 0 Å². The standard InChI is InChI=1S/C19H21N5O2/c1-13(17(25)24-10-8-19(6-7-19)9-11-24)21-18-23-22-16(26-18)15-5-3-2-4-14(15)12-20/h2-5,13H,6-11H2,1H3,(H,21,23)/t13-/m0/s1. The van der Waals surface area contributed by atoms with Crippen LogP contribution in [0.1, 0.15) is 38.2 Å². The predicted molar refractivity (Wildman–Crippen MR) is 95.0 cm³/mol. The van der Waals surface area contributed by atoms with Gasteiger partial charge in [0.15, 0.2) is 0 Å². The Hall–Kier alpha value is -2.88. The monoisotopic (exact) mass is 351 g/mol. The van der Waals surface area contributed by atoms with E-state index in [0.29, 0.717) is 16.5 Å². The number of aromatic nitrogens is 2. The number of amides is 1. The number of likely N-dealkylation sites (tertiary alicyclic amines) is 1. The van der Waals surface area contributed by atoms with E-state index in [1.807, 2.05) is 11.0 Å². The van der Waals surface area contributed by atoms with Crippen LogP contribution in [0, 0.1) is 16.7 Å². The number of nitrogens with one attached hydrogen (secondary N) is 1. The van der Waals surface area contributed by atoms with Crippen molar-refractivity contribution in [2.75, 3.05) is 18.4 Å². The molecule has 2 aliphatic rings. The number of hydrogen-bond donors (Lipinski definition) is 1. The Kier molecular flexibility index (Phi) is 4.11. The normalized spacial score (nSPS) is 19.0. The van der Waals surface area contributed by atoms with Crippen molar-refractivity contribution in [1.29, 1.82) is 5.26 Å². The van der Waals surface area contributed by atoms with Gasteiger partial charge in [-0.3, -0.25) is 4.79 Å². The van der Waals surface area contributed by atoms with Crippen LogP contribution in [0.15, 0.2) is 28.7 Å². The van der Waals surface area contributed by atoms with Crippen molar-refractivity contribution in [3.8, 4) is 17.5 Å². The summed E-state index contributed by atoms with van der Waals surface area (Å²) >= 11 is 0. The molecular weight excluding hydrogens is 330 g/mol. The molecule has 2 aromatic rings. The van der Waals surface area contributed by atoms with Gasteiger partial charge in [-0.15, -0.1) is 5.10 Å². The van der Waals surface area contributed by atoms with Gasteiger partial charge in [-0.1, -0.05) is 17.2 Å². The summed E-state index contributed by atoms with van der Waals surface area (Å²) < 4.78 is 5.61. The Bertz CT molecular complexity index is 855. The van der Waals surface area contributed by atoms with Crippen LogP contribution in [0.25, 0.3) is 11.5 Å². The van der Waals surface area contributed by atoms with E-state index in [2.05, 4.69) is 21.6 Å². The second kappa shape index (κ2) is 6.45. The largest absolute Gasteiger partial charge is 0.403 e. The van der Waals surface area contributed by atoms with Crippen LogP contribution < -0.4 is 5.32 Å². The molecule has 0 radical (unpaired) electrons. The van der Waals surface area contributed by atoms with Gasteiger partial charge >= 0.3 is 6.01 Å². The van der Waals surface area contributed by atoms with Gasteiger partial charge in [0, 0.05) is 13.1 Å². The van der Waals surface area contributed by atoms with E-state index >= 15 is 0 Å². The Morgan fingerprint density at radius 3 is 2.69 bits per heavy atom. The molecule has 2 heterocycles. The smallest absolute Gasteiger partial charge is 0.316 e. The molecular formula is C19H21N5O2. The number of benzene rings is 1. The maximum Gasteiger partial charge on any atom is 0.316 e. The lowest BCUT2D eigenvalue weighted by Crippen LogP contribution is -2.45. The molecule has 7 heteroatoms. The van der Waals surface area contributed by atoms with Gasteiger partial charge in [0.2, 0.25) is 5.91 Å². The van der Waals surface area contributed by atoms with Crippen LogP contribution in [0.4, 0.5) is 6.01 Å². The van der Waals surface area contributed by atoms with Gasteiger partial charge < -0.3 is 14.6 Å². The summed E-state index contributed by atoms with van der Waals surface area (Å²) in [6, 6.07) is 8.89. The Morgan fingerprint density at radius 2 is 2.00 bits per heavy atom. The Labute approximate surface area is 152 Å². The zero-order valence-electron chi connectivity index (χ0n) is 14.7. The SMILES string of the molecule is C[C@H](Nc1nnc(-c2ccccc2C#N)o1)C(=O)N1CCC2(CC1)CC2. The van der Waals surface area contributed by atoms with Crippen molar-refractivity contribution in [2.24, 2.45) is 5.41 Å². The Balaban J connectivity index is 1.40. The highest BCUT2D eigenvalue weighted by Crippen LogP contribution is 2.53. The van der Waals surface area contributed by atoms with Crippen molar-refractivity contribution in [3.63, 3.8) is 0 Å². The van der Waals surface area contributed by atoms with E-state index in [1.54, 1.807) is 25.1 Å². The van der Waals surface area contributed by atoms with Crippen molar-refractivity contribution in [2.45, 2.75) is 38.6 Å². The molecule has 0 unspecified atom stereocenters. The first-order valence-electron chi connectivity index (χ1n) is 8.99. The second-order valence-corrected chi connectivity index (χ2v) is 7.26. The summed E-state index contributed by atoms with van der Waals surface area (Å²) in [4.78, 5) is 14.6. The van der Waals surface area contributed by atoms with Crippen molar-refractivity contribution in [1.82, 2.24) is 15.1 Å². The minimum Gasteiger partial charge on any atom is -0.403 e. The van der Waals surface area contributed by atoms with Gasteiger partial charge in [0.1, 0.15) is 6.04 Å². The van der Waals surface area contributed by atoms with E-state index < -0.39 is 6.04 Å². The quantitative estimate of drug-likeness (QED) is 0.910. The van der Waals surface area contributed by atoms with E-state index in [9.17, 15) is 10.1 Å². The summed E-state index contributed by atoms with van der Waals surface area (Å²) in [7, 11) is 0. The van der Waals surface area contributed by atoms with E-state index in [0.717, 1.165) is 25.9 Å². The number of carbonyl (C=O) groups excluding carboxylic acids is 1. The first-order chi connectivity index (χ1) is 12.6. The molecule has 0 bridgehead atoms.